The summed E-state index contributed by atoms with van der Waals surface area (Å²) in [6.45, 7) is 3.55. The molecular formula is C21H19FN4O2. The molecule has 0 radical (unpaired) electrons. The van der Waals surface area contributed by atoms with Crippen molar-refractivity contribution in [3.05, 3.63) is 72.1 Å². The van der Waals surface area contributed by atoms with Gasteiger partial charge in [0.25, 0.3) is 5.91 Å². The van der Waals surface area contributed by atoms with Crippen LogP contribution in [-0.4, -0.2) is 38.8 Å². The predicted molar refractivity (Wildman–Crippen MR) is 103 cm³/mol. The Hall–Kier alpha value is -3.48. The summed E-state index contributed by atoms with van der Waals surface area (Å²) in [4.78, 5) is 25.7. The van der Waals surface area contributed by atoms with Crippen LogP contribution in [0.3, 0.4) is 0 Å². The van der Waals surface area contributed by atoms with Crippen molar-refractivity contribution in [2.75, 3.05) is 13.1 Å². The van der Waals surface area contributed by atoms with E-state index in [1.807, 2.05) is 30.0 Å². The van der Waals surface area contributed by atoms with Crippen molar-refractivity contribution in [2.45, 2.75) is 13.3 Å². The third kappa shape index (κ3) is 3.64. The number of carbonyl (C=O) groups is 1. The first-order valence-corrected chi connectivity index (χ1v) is 9.02. The highest BCUT2D eigenvalue weighted by molar-refractivity contribution is 5.97. The lowest BCUT2D eigenvalue weighted by Crippen LogP contribution is -2.42. The highest BCUT2D eigenvalue weighted by atomic mass is 19.1. The zero-order valence-electron chi connectivity index (χ0n) is 15.4. The van der Waals surface area contributed by atoms with Crippen LogP contribution in [0.15, 0.2) is 59.3 Å². The van der Waals surface area contributed by atoms with Crippen LogP contribution >= 0.6 is 0 Å². The Labute approximate surface area is 161 Å². The number of aryl methyl sites for hydroxylation is 1. The fourth-order valence-corrected chi connectivity index (χ4v) is 2.90. The average Bonchev–Trinajstić information content (AvgIpc) is 3.26. The van der Waals surface area contributed by atoms with Crippen LogP contribution < -0.4 is 0 Å². The number of aromatic amines is 1. The van der Waals surface area contributed by atoms with Crippen molar-refractivity contribution in [2.24, 2.45) is 0 Å². The molecule has 1 N–H and O–H groups in total. The van der Waals surface area contributed by atoms with Gasteiger partial charge in [0, 0.05) is 18.5 Å². The van der Waals surface area contributed by atoms with Gasteiger partial charge in [-0.05, 0) is 43.7 Å². The Balaban J connectivity index is 0.000000233. The Kier molecular flexibility index (Phi) is 4.89. The summed E-state index contributed by atoms with van der Waals surface area (Å²) in [7, 11) is 0. The van der Waals surface area contributed by atoms with E-state index in [9.17, 15) is 9.18 Å². The number of carbonyl (C=O) groups excluding carboxylic acids is 1. The van der Waals surface area contributed by atoms with Crippen LogP contribution in [0.2, 0.25) is 0 Å². The molecule has 7 heteroatoms. The number of nitrogens with one attached hydrogen (secondary N) is 1. The van der Waals surface area contributed by atoms with E-state index in [4.69, 9.17) is 4.42 Å². The summed E-state index contributed by atoms with van der Waals surface area (Å²) in [5.74, 6) is 0.515. The molecule has 0 aliphatic carbocycles. The number of amides is 1. The topological polar surface area (TPSA) is 75.0 Å². The van der Waals surface area contributed by atoms with Gasteiger partial charge in [0.15, 0.2) is 12.2 Å². The minimum Gasteiger partial charge on any atom is -0.442 e. The standard InChI is InChI=1S/C15H14N4O2.C6H5F/c1-9-13(21-8-16-9)11-4-3-10-7-12(18-14(10)17-11)15(20)19-5-2-6-19;7-6-4-2-1-3-5-6/h3-4,7-8H,2,5-6H2,1H3,(H,17,18);1-5H. The molecule has 0 bridgehead atoms. The van der Waals surface area contributed by atoms with Crippen LogP contribution in [0, 0.1) is 12.7 Å². The molecule has 0 saturated carbocycles. The molecule has 0 unspecified atom stereocenters. The van der Waals surface area contributed by atoms with Crippen LogP contribution in [0.5, 0.6) is 0 Å². The molecule has 1 fully saturated rings. The Morgan fingerprint density at radius 1 is 1.18 bits per heavy atom. The number of halogens is 1. The molecule has 5 rings (SSSR count). The van der Waals surface area contributed by atoms with Crippen LogP contribution in [0.25, 0.3) is 22.5 Å². The molecule has 28 heavy (non-hydrogen) atoms. The fraction of sp³-hybridized carbons (Fsp3) is 0.190. The molecule has 1 amide bonds. The first-order chi connectivity index (χ1) is 13.6. The summed E-state index contributed by atoms with van der Waals surface area (Å²) < 4.78 is 17.3. The third-order valence-electron chi connectivity index (χ3n) is 4.56. The zero-order chi connectivity index (χ0) is 19.5. The van der Waals surface area contributed by atoms with Gasteiger partial charge in [-0.15, -0.1) is 0 Å². The van der Waals surface area contributed by atoms with Crippen molar-refractivity contribution in [1.29, 1.82) is 0 Å². The van der Waals surface area contributed by atoms with Gasteiger partial charge < -0.3 is 14.3 Å². The molecule has 4 heterocycles. The molecule has 3 aromatic heterocycles. The smallest absolute Gasteiger partial charge is 0.270 e. The van der Waals surface area contributed by atoms with Crippen LogP contribution in [0.1, 0.15) is 22.6 Å². The second kappa shape index (κ2) is 7.64. The number of pyridine rings is 1. The van der Waals surface area contributed by atoms with Crippen molar-refractivity contribution < 1.29 is 13.6 Å². The third-order valence-corrected chi connectivity index (χ3v) is 4.56. The first-order valence-electron chi connectivity index (χ1n) is 9.02. The highest BCUT2D eigenvalue weighted by Gasteiger charge is 2.23. The van der Waals surface area contributed by atoms with Gasteiger partial charge in [0.2, 0.25) is 0 Å². The fourth-order valence-electron chi connectivity index (χ4n) is 2.90. The lowest BCUT2D eigenvalue weighted by Gasteiger charge is -2.30. The maximum Gasteiger partial charge on any atom is 0.270 e. The summed E-state index contributed by atoms with van der Waals surface area (Å²) in [5.41, 5.74) is 2.78. The molecule has 4 aromatic rings. The van der Waals surface area contributed by atoms with E-state index in [-0.39, 0.29) is 11.7 Å². The number of hydrogen-bond acceptors (Lipinski definition) is 4. The summed E-state index contributed by atoms with van der Waals surface area (Å²) in [6, 6.07) is 13.6. The van der Waals surface area contributed by atoms with Gasteiger partial charge in [-0.3, -0.25) is 4.79 Å². The van der Waals surface area contributed by atoms with Crippen LogP contribution in [-0.2, 0) is 0 Å². The summed E-state index contributed by atoms with van der Waals surface area (Å²) in [6.07, 6.45) is 2.49. The second-order valence-electron chi connectivity index (χ2n) is 6.53. The van der Waals surface area contributed by atoms with Gasteiger partial charge in [0.05, 0.1) is 5.69 Å². The second-order valence-corrected chi connectivity index (χ2v) is 6.53. The van der Waals surface area contributed by atoms with E-state index in [1.165, 1.54) is 18.5 Å². The molecule has 1 aliphatic heterocycles. The van der Waals surface area contributed by atoms with E-state index < -0.39 is 0 Å². The van der Waals surface area contributed by atoms with Gasteiger partial charge in [-0.1, -0.05) is 18.2 Å². The maximum absolute atomic E-state index is 12.2. The molecule has 6 nitrogen and oxygen atoms in total. The lowest BCUT2D eigenvalue weighted by molar-refractivity contribution is 0.0646. The summed E-state index contributed by atoms with van der Waals surface area (Å²) >= 11 is 0. The SMILES string of the molecule is Cc1ncoc1-c1ccc2cc(C(=O)N3CCC3)[nH]c2n1.Fc1ccccc1. The number of H-pyrrole nitrogens is 1. The molecule has 1 aliphatic rings. The van der Waals surface area contributed by atoms with E-state index >= 15 is 0 Å². The molecule has 0 atom stereocenters. The van der Waals surface area contributed by atoms with Crippen molar-refractivity contribution in [1.82, 2.24) is 19.9 Å². The quantitative estimate of drug-likeness (QED) is 0.567. The minimum atomic E-state index is -0.178. The number of hydrogen-bond donors (Lipinski definition) is 1. The van der Waals surface area contributed by atoms with Crippen molar-refractivity contribution >= 4 is 16.9 Å². The number of fused-ring (bicyclic) bond motifs is 1. The van der Waals surface area contributed by atoms with E-state index in [2.05, 4.69) is 15.0 Å². The Morgan fingerprint density at radius 2 is 1.96 bits per heavy atom. The van der Waals surface area contributed by atoms with Crippen molar-refractivity contribution in [3.63, 3.8) is 0 Å². The largest absolute Gasteiger partial charge is 0.442 e. The molecular weight excluding hydrogens is 359 g/mol. The Morgan fingerprint density at radius 3 is 2.54 bits per heavy atom. The number of oxazole rings is 1. The number of rotatable bonds is 2. The number of benzene rings is 1. The van der Waals surface area contributed by atoms with Gasteiger partial charge >= 0.3 is 0 Å². The summed E-state index contributed by atoms with van der Waals surface area (Å²) in [5, 5.41) is 0.916. The first kappa shape index (κ1) is 17.9. The normalized spacial score (nSPS) is 13.0. The zero-order valence-corrected chi connectivity index (χ0v) is 15.4. The van der Waals surface area contributed by atoms with Gasteiger partial charge in [-0.2, -0.15) is 0 Å². The van der Waals surface area contributed by atoms with E-state index in [1.54, 1.807) is 18.2 Å². The minimum absolute atomic E-state index is 0.0386. The van der Waals surface area contributed by atoms with E-state index in [0.717, 1.165) is 30.6 Å². The Bertz CT molecular complexity index is 1100. The number of likely N-dealkylation sites (tertiary alicyclic amines) is 1. The predicted octanol–water partition coefficient (Wildman–Crippen LogP) is 4.20. The maximum atomic E-state index is 12.2. The van der Waals surface area contributed by atoms with E-state index in [0.29, 0.717) is 22.8 Å². The van der Waals surface area contributed by atoms with Crippen molar-refractivity contribution in [3.8, 4) is 11.5 Å². The number of aromatic nitrogens is 3. The van der Waals surface area contributed by atoms with Gasteiger partial charge in [0.1, 0.15) is 22.9 Å². The molecule has 142 valence electrons. The van der Waals surface area contributed by atoms with Crippen LogP contribution in [0.4, 0.5) is 4.39 Å². The van der Waals surface area contributed by atoms with Gasteiger partial charge in [-0.25, -0.2) is 14.4 Å². The highest BCUT2D eigenvalue weighted by Crippen LogP contribution is 2.24. The molecule has 0 spiro atoms. The molecule has 1 aromatic carbocycles. The monoisotopic (exact) mass is 378 g/mol. The average molecular weight is 378 g/mol. The number of nitrogens with zero attached hydrogens (tertiary/aromatic N) is 3. The molecule has 1 saturated heterocycles. The lowest BCUT2D eigenvalue weighted by atomic mass is 10.2.